The summed E-state index contributed by atoms with van der Waals surface area (Å²) < 4.78 is 0. The molecule has 0 atom stereocenters. The lowest BCUT2D eigenvalue weighted by Crippen LogP contribution is -2.24. The summed E-state index contributed by atoms with van der Waals surface area (Å²) >= 11 is 5.97. The molecule has 2 aromatic carbocycles. The van der Waals surface area contributed by atoms with Gasteiger partial charge in [0.25, 0.3) is 5.91 Å². The minimum absolute atomic E-state index is 0.195. The Kier molecular flexibility index (Phi) is 4.99. The maximum atomic E-state index is 12.4. The number of aryl methyl sites for hydroxylation is 1. The predicted molar refractivity (Wildman–Crippen MR) is 95.7 cm³/mol. The van der Waals surface area contributed by atoms with E-state index < -0.39 is 5.97 Å². The number of nitrogens with one attached hydrogen (secondary N) is 1. The number of carbonyl (C=O) groups excluding carboxylic acids is 1. The van der Waals surface area contributed by atoms with Gasteiger partial charge in [-0.25, -0.2) is 4.79 Å². The van der Waals surface area contributed by atoms with Crippen molar-refractivity contribution in [1.29, 1.82) is 0 Å². The number of aromatic nitrogens is 3. The molecule has 0 aliphatic heterocycles. The standard InChI is InChI=1S/C18H15ClN4O3/c1-11-16(22-23(21-11)15-4-2-3-14(19)9-15)17(24)20-10-12-5-7-13(8-6-12)18(25)26/h2-9H,10H2,1H3,(H,20,24)(H,25,26). The Bertz CT molecular complexity index is 967. The van der Waals surface area contributed by atoms with Gasteiger partial charge >= 0.3 is 5.97 Å². The van der Waals surface area contributed by atoms with Gasteiger partial charge in [0.1, 0.15) is 0 Å². The normalized spacial score (nSPS) is 10.5. The lowest BCUT2D eigenvalue weighted by atomic mass is 10.1. The molecule has 26 heavy (non-hydrogen) atoms. The fraction of sp³-hybridized carbons (Fsp3) is 0.111. The SMILES string of the molecule is Cc1nn(-c2cccc(Cl)c2)nc1C(=O)NCc1ccc(C(=O)O)cc1. The number of hydrogen-bond donors (Lipinski definition) is 2. The van der Waals surface area contributed by atoms with Crippen molar-refractivity contribution in [2.24, 2.45) is 0 Å². The van der Waals surface area contributed by atoms with E-state index in [-0.39, 0.29) is 23.7 Å². The van der Waals surface area contributed by atoms with Gasteiger partial charge in [-0.1, -0.05) is 29.8 Å². The van der Waals surface area contributed by atoms with E-state index in [4.69, 9.17) is 16.7 Å². The highest BCUT2D eigenvalue weighted by Crippen LogP contribution is 2.14. The van der Waals surface area contributed by atoms with Gasteiger partial charge in [-0.2, -0.15) is 9.90 Å². The fourth-order valence-corrected chi connectivity index (χ4v) is 2.52. The van der Waals surface area contributed by atoms with Crippen LogP contribution in [0.2, 0.25) is 5.02 Å². The lowest BCUT2D eigenvalue weighted by molar-refractivity contribution is 0.0696. The fourth-order valence-electron chi connectivity index (χ4n) is 2.34. The van der Waals surface area contributed by atoms with Crippen LogP contribution >= 0.6 is 11.6 Å². The van der Waals surface area contributed by atoms with Crippen molar-refractivity contribution in [3.8, 4) is 5.69 Å². The minimum atomic E-state index is -0.992. The third kappa shape index (κ3) is 3.89. The first-order valence-electron chi connectivity index (χ1n) is 7.74. The Morgan fingerprint density at radius 2 is 1.88 bits per heavy atom. The average molecular weight is 371 g/mol. The molecule has 0 aliphatic carbocycles. The van der Waals surface area contributed by atoms with Gasteiger partial charge in [-0.05, 0) is 42.8 Å². The van der Waals surface area contributed by atoms with Crippen LogP contribution in [0.1, 0.15) is 32.1 Å². The maximum absolute atomic E-state index is 12.4. The van der Waals surface area contributed by atoms with E-state index in [0.717, 1.165) is 5.56 Å². The van der Waals surface area contributed by atoms with Crippen molar-refractivity contribution < 1.29 is 14.7 Å². The first-order chi connectivity index (χ1) is 12.4. The number of nitrogens with zero attached hydrogens (tertiary/aromatic N) is 3. The molecular weight excluding hydrogens is 356 g/mol. The molecule has 8 heteroatoms. The summed E-state index contributed by atoms with van der Waals surface area (Å²) in [6.07, 6.45) is 0. The van der Waals surface area contributed by atoms with E-state index in [2.05, 4.69) is 15.5 Å². The minimum Gasteiger partial charge on any atom is -0.478 e. The largest absolute Gasteiger partial charge is 0.478 e. The van der Waals surface area contributed by atoms with Crippen LogP contribution < -0.4 is 5.32 Å². The Morgan fingerprint density at radius 3 is 2.54 bits per heavy atom. The number of rotatable bonds is 5. The number of benzene rings is 2. The zero-order valence-corrected chi connectivity index (χ0v) is 14.6. The van der Waals surface area contributed by atoms with Crippen molar-refractivity contribution in [3.63, 3.8) is 0 Å². The molecule has 1 heterocycles. The number of hydrogen-bond acceptors (Lipinski definition) is 4. The van der Waals surface area contributed by atoms with Gasteiger partial charge in [0, 0.05) is 11.6 Å². The second kappa shape index (κ2) is 7.37. The molecule has 3 aromatic rings. The molecule has 0 radical (unpaired) electrons. The molecule has 0 fully saturated rings. The van der Waals surface area contributed by atoms with Gasteiger partial charge in [0.2, 0.25) is 0 Å². The molecule has 2 N–H and O–H groups in total. The first kappa shape index (κ1) is 17.6. The summed E-state index contributed by atoms with van der Waals surface area (Å²) in [4.78, 5) is 24.6. The summed E-state index contributed by atoms with van der Waals surface area (Å²) in [5, 5.41) is 20.7. The van der Waals surface area contributed by atoms with Crippen LogP contribution in [0.3, 0.4) is 0 Å². The van der Waals surface area contributed by atoms with E-state index in [1.165, 1.54) is 16.9 Å². The summed E-state index contributed by atoms with van der Waals surface area (Å²) in [5.74, 6) is -1.35. The van der Waals surface area contributed by atoms with E-state index >= 15 is 0 Å². The molecule has 0 unspecified atom stereocenters. The Labute approximate surface area is 154 Å². The number of carboxylic acids is 1. The van der Waals surface area contributed by atoms with E-state index in [1.807, 2.05) is 0 Å². The van der Waals surface area contributed by atoms with Crippen molar-refractivity contribution in [2.45, 2.75) is 13.5 Å². The quantitative estimate of drug-likeness (QED) is 0.719. The summed E-state index contributed by atoms with van der Waals surface area (Å²) in [5.41, 5.74) is 2.34. The number of aromatic carboxylic acids is 1. The van der Waals surface area contributed by atoms with Crippen LogP contribution in [-0.4, -0.2) is 32.0 Å². The van der Waals surface area contributed by atoms with Crippen molar-refractivity contribution >= 4 is 23.5 Å². The molecular formula is C18H15ClN4O3. The molecule has 0 aliphatic rings. The summed E-state index contributed by atoms with van der Waals surface area (Å²) in [7, 11) is 0. The van der Waals surface area contributed by atoms with Gasteiger partial charge in [0.05, 0.1) is 16.9 Å². The number of halogens is 1. The smallest absolute Gasteiger partial charge is 0.335 e. The predicted octanol–water partition coefficient (Wildman–Crippen LogP) is 2.86. The van der Waals surface area contributed by atoms with Gasteiger partial charge in [-0.15, -0.1) is 5.10 Å². The molecule has 0 spiro atoms. The van der Waals surface area contributed by atoms with Crippen LogP contribution in [0, 0.1) is 6.92 Å². The highest BCUT2D eigenvalue weighted by atomic mass is 35.5. The average Bonchev–Trinajstić information content (AvgIpc) is 3.02. The number of amides is 1. The maximum Gasteiger partial charge on any atom is 0.335 e. The van der Waals surface area contributed by atoms with Crippen LogP contribution in [0.25, 0.3) is 5.69 Å². The monoisotopic (exact) mass is 370 g/mol. The van der Waals surface area contributed by atoms with Crippen molar-refractivity contribution in [1.82, 2.24) is 20.3 Å². The molecule has 0 saturated carbocycles. The molecule has 0 bridgehead atoms. The van der Waals surface area contributed by atoms with E-state index in [0.29, 0.717) is 16.4 Å². The lowest BCUT2D eigenvalue weighted by Gasteiger charge is -2.04. The van der Waals surface area contributed by atoms with Gasteiger partial charge in [-0.3, -0.25) is 4.79 Å². The van der Waals surface area contributed by atoms with E-state index in [9.17, 15) is 9.59 Å². The third-order valence-corrected chi connectivity index (χ3v) is 3.93. The Morgan fingerprint density at radius 1 is 1.15 bits per heavy atom. The molecule has 3 rings (SSSR count). The van der Waals surface area contributed by atoms with Crippen molar-refractivity contribution in [2.75, 3.05) is 0 Å². The summed E-state index contributed by atoms with van der Waals surface area (Å²) in [6.45, 7) is 1.95. The highest BCUT2D eigenvalue weighted by molar-refractivity contribution is 6.30. The second-order valence-corrected chi connectivity index (χ2v) is 6.02. The third-order valence-electron chi connectivity index (χ3n) is 3.69. The molecule has 132 valence electrons. The van der Waals surface area contributed by atoms with Crippen LogP contribution in [0.5, 0.6) is 0 Å². The number of carboxylic acid groups (broad SMARTS) is 1. The van der Waals surface area contributed by atoms with E-state index in [1.54, 1.807) is 43.3 Å². The first-order valence-corrected chi connectivity index (χ1v) is 8.12. The zero-order chi connectivity index (χ0) is 18.7. The Hall–Kier alpha value is -3.19. The number of carbonyl (C=O) groups is 2. The van der Waals surface area contributed by atoms with Crippen LogP contribution in [0.15, 0.2) is 48.5 Å². The zero-order valence-electron chi connectivity index (χ0n) is 13.8. The topological polar surface area (TPSA) is 97.1 Å². The van der Waals surface area contributed by atoms with Gasteiger partial charge in [0.15, 0.2) is 5.69 Å². The molecule has 1 aromatic heterocycles. The second-order valence-electron chi connectivity index (χ2n) is 5.59. The molecule has 7 nitrogen and oxygen atoms in total. The van der Waals surface area contributed by atoms with Crippen LogP contribution in [0.4, 0.5) is 0 Å². The highest BCUT2D eigenvalue weighted by Gasteiger charge is 2.16. The van der Waals surface area contributed by atoms with Gasteiger partial charge < -0.3 is 10.4 Å². The van der Waals surface area contributed by atoms with Crippen LogP contribution in [-0.2, 0) is 6.54 Å². The molecule has 1 amide bonds. The van der Waals surface area contributed by atoms with Crippen molar-refractivity contribution in [3.05, 3.63) is 76.1 Å². The summed E-state index contributed by atoms with van der Waals surface area (Å²) in [6, 6.07) is 13.3. The Balaban J connectivity index is 1.71. The molecule has 0 saturated heterocycles.